The van der Waals surface area contributed by atoms with Crippen molar-refractivity contribution in [1.29, 1.82) is 0 Å². The number of benzene rings is 1. The molecule has 2 aromatic rings. The summed E-state index contributed by atoms with van der Waals surface area (Å²) in [7, 11) is 2.03. The Bertz CT molecular complexity index is 578. The van der Waals surface area contributed by atoms with Gasteiger partial charge in [0.15, 0.2) is 0 Å². The van der Waals surface area contributed by atoms with E-state index in [9.17, 15) is 0 Å². The van der Waals surface area contributed by atoms with Crippen molar-refractivity contribution in [2.45, 2.75) is 38.3 Å². The third-order valence-electron chi connectivity index (χ3n) is 4.36. The van der Waals surface area contributed by atoms with Gasteiger partial charge in [0.1, 0.15) is 0 Å². The second-order valence-corrected chi connectivity index (χ2v) is 6.06. The zero-order valence-electron chi connectivity index (χ0n) is 12.1. The lowest BCUT2D eigenvalue weighted by molar-refractivity contribution is 0.231. The predicted octanol–water partition coefficient (Wildman–Crippen LogP) is 3.56. The average Bonchev–Trinajstić information content (AvgIpc) is 3.03. The molecule has 108 valence electrons. The van der Waals surface area contributed by atoms with E-state index in [0.717, 1.165) is 18.8 Å². The molecule has 1 aliphatic heterocycles. The quantitative estimate of drug-likeness (QED) is 0.786. The van der Waals surface area contributed by atoms with Crippen LogP contribution in [0.5, 0.6) is 0 Å². The Kier molecular flexibility index (Phi) is 4.27. The molecule has 1 saturated heterocycles. The van der Waals surface area contributed by atoms with Gasteiger partial charge in [0, 0.05) is 30.9 Å². The molecule has 0 amide bonds. The van der Waals surface area contributed by atoms with Crippen molar-refractivity contribution in [2.24, 2.45) is 7.05 Å². The van der Waals surface area contributed by atoms with Crippen LogP contribution >= 0.6 is 11.6 Å². The molecular formula is C16H22ClN3. The first-order valence-corrected chi connectivity index (χ1v) is 8.03. The van der Waals surface area contributed by atoms with E-state index in [1.807, 2.05) is 11.7 Å². The van der Waals surface area contributed by atoms with Gasteiger partial charge < -0.3 is 0 Å². The van der Waals surface area contributed by atoms with Crippen molar-refractivity contribution in [3.05, 3.63) is 30.0 Å². The van der Waals surface area contributed by atoms with Gasteiger partial charge >= 0.3 is 0 Å². The maximum Gasteiger partial charge on any atom is 0.0843 e. The molecule has 1 atom stereocenters. The molecule has 4 heteroatoms. The molecule has 1 unspecified atom stereocenters. The van der Waals surface area contributed by atoms with Crippen molar-refractivity contribution in [2.75, 3.05) is 12.4 Å². The van der Waals surface area contributed by atoms with Crippen LogP contribution in [0, 0.1) is 0 Å². The summed E-state index contributed by atoms with van der Waals surface area (Å²) < 4.78 is 1.99. The molecule has 0 bridgehead atoms. The number of alkyl halides is 1. The van der Waals surface area contributed by atoms with E-state index in [-0.39, 0.29) is 0 Å². The minimum atomic E-state index is 0.689. The Hall–Kier alpha value is -1.06. The first-order valence-electron chi connectivity index (χ1n) is 7.50. The molecule has 0 spiro atoms. The second-order valence-electron chi connectivity index (χ2n) is 5.69. The Balaban J connectivity index is 1.79. The third-order valence-corrected chi connectivity index (χ3v) is 4.62. The Morgan fingerprint density at radius 3 is 3.05 bits per heavy atom. The van der Waals surface area contributed by atoms with E-state index in [1.165, 1.54) is 42.4 Å². The van der Waals surface area contributed by atoms with E-state index in [0.29, 0.717) is 6.04 Å². The lowest BCUT2D eigenvalue weighted by Gasteiger charge is -2.23. The number of likely N-dealkylation sites (tertiary alicyclic amines) is 1. The van der Waals surface area contributed by atoms with Gasteiger partial charge in [-0.3, -0.25) is 9.58 Å². The summed E-state index contributed by atoms with van der Waals surface area (Å²) in [5.74, 6) is 0.775. The van der Waals surface area contributed by atoms with Gasteiger partial charge in [-0.25, -0.2) is 0 Å². The highest BCUT2D eigenvalue weighted by Crippen LogP contribution is 2.26. The molecule has 1 aromatic heterocycles. The molecule has 20 heavy (non-hydrogen) atoms. The molecule has 1 fully saturated rings. The number of hydrogen-bond donors (Lipinski definition) is 0. The summed E-state index contributed by atoms with van der Waals surface area (Å²) in [6.45, 7) is 2.16. The summed E-state index contributed by atoms with van der Waals surface area (Å²) in [5.41, 5.74) is 2.43. The molecule has 2 heterocycles. The fraction of sp³-hybridized carbons (Fsp3) is 0.562. The van der Waals surface area contributed by atoms with Gasteiger partial charge in [0.2, 0.25) is 0 Å². The number of fused-ring (bicyclic) bond motifs is 1. The molecule has 0 radical (unpaired) electrons. The van der Waals surface area contributed by atoms with Gasteiger partial charge in [-0.15, -0.1) is 11.6 Å². The van der Waals surface area contributed by atoms with Crippen molar-refractivity contribution >= 4 is 22.5 Å². The van der Waals surface area contributed by atoms with Gasteiger partial charge in [-0.1, -0.05) is 18.2 Å². The molecule has 3 nitrogen and oxygen atoms in total. The Labute approximate surface area is 125 Å². The van der Waals surface area contributed by atoms with Gasteiger partial charge in [0.25, 0.3) is 0 Å². The molecule has 0 saturated carbocycles. The number of nitrogens with zero attached hydrogens (tertiary/aromatic N) is 3. The largest absolute Gasteiger partial charge is 0.294 e. The van der Waals surface area contributed by atoms with Crippen LogP contribution in [0.1, 0.15) is 31.4 Å². The SMILES string of the molecule is Cn1nc(CN2CCCC2CCCCl)c2ccccc21. The first kappa shape index (κ1) is 13.9. The van der Waals surface area contributed by atoms with Crippen molar-refractivity contribution in [3.63, 3.8) is 0 Å². The summed E-state index contributed by atoms with van der Waals surface area (Å²) >= 11 is 5.84. The maximum atomic E-state index is 5.84. The minimum absolute atomic E-state index is 0.689. The summed E-state index contributed by atoms with van der Waals surface area (Å²) in [4.78, 5) is 2.58. The molecule has 1 aromatic carbocycles. The van der Waals surface area contributed by atoms with Crippen molar-refractivity contribution in [3.8, 4) is 0 Å². The number of hydrogen-bond acceptors (Lipinski definition) is 2. The smallest absolute Gasteiger partial charge is 0.0843 e. The highest BCUT2D eigenvalue weighted by atomic mass is 35.5. The first-order chi connectivity index (χ1) is 9.79. The number of halogens is 1. The van der Waals surface area contributed by atoms with E-state index < -0.39 is 0 Å². The Morgan fingerprint density at radius 2 is 2.20 bits per heavy atom. The van der Waals surface area contributed by atoms with Crippen molar-refractivity contribution < 1.29 is 0 Å². The van der Waals surface area contributed by atoms with E-state index in [1.54, 1.807) is 0 Å². The molecule has 0 aliphatic carbocycles. The lowest BCUT2D eigenvalue weighted by atomic mass is 10.1. The Morgan fingerprint density at radius 1 is 1.35 bits per heavy atom. The molecule has 0 N–H and O–H groups in total. The highest BCUT2D eigenvalue weighted by Gasteiger charge is 2.25. The maximum absolute atomic E-state index is 5.84. The zero-order valence-corrected chi connectivity index (χ0v) is 12.8. The number of aryl methyl sites for hydroxylation is 1. The van der Waals surface area contributed by atoms with Gasteiger partial charge in [0.05, 0.1) is 11.2 Å². The van der Waals surface area contributed by atoms with Crippen LogP contribution in [-0.4, -0.2) is 33.1 Å². The highest BCUT2D eigenvalue weighted by molar-refractivity contribution is 6.17. The summed E-state index contributed by atoms with van der Waals surface area (Å²) in [6, 6.07) is 9.19. The third kappa shape index (κ3) is 2.70. The van der Waals surface area contributed by atoms with E-state index in [4.69, 9.17) is 16.7 Å². The number of aromatic nitrogens is 2. The normalized spacial score (nSPS) is 20.0. The summed E-state index contributed by atoms with van der Waals surface area (Å²) in [5, 5.41) is 6.01. The average molecular weight is 292 g/mol. The van der Waals surface area contributed by atoms with Crippen LogP contribution in [0.3, 0.4) is 0 Å². The lowest BCUT2D eigenvalue weighted by Crippen LogP contribution is -2.29. The predicted molar refractivity (Wildman–Crippen MR) is 84.1 cm³/mol. The fourth-order valence-corrected chi connectivity index (χ4v) is 3.50. The molecular weight excluding hydrogens is 270 g/mol. The monoisotopic (exact) mass is 291 g/mol. The second kappa shape index (κ2) is 6.15. The fourth-order valence-electron chi connectivity index (χ4n) is 3.34. The van der Waals surface area contributed by atoms with Crippen LogP contribution in [-0.2, 0) is 13.6 Å². The van der Waals surface area contributed by atoms with E-state index >= 15 is 0 Å². The minimum Gasteiger partial charge on any atom is -0.294 e. The number of rotatable bonds is 5. The standard InChI is InChI=1S/C16H22ClN3/c1-19-16-9-3-2-8-14(16)15(18-19)12-20-11-5-7-13(20)6-4-10-17/h2-3,8-9,13H,4-7,10-12H2,1H3. The van der Waals surface area contributed by atoms with Crippen LogP contribution < -0.4 is 0 Å². The zero-order chi connectivity index (χ0) is 13.9. The van der Waals surface area contributed by atoms with Crippen LogP contribution in [0.15, 0.2) is 24.3 Å². The van der Waals surface area contributed by atoms with E-state index in [2.05, 4.69) is 29.2 Å². The van der Waals surface area contributed by atoms with Crippen LogP contribution in [0.25, 0.3) is 10.9 Å². The molecule has 1 aliphatic rings. The van der Waals surface area contributed by atoms with Gasteiger partial charge in [-0.2, -0.15) is 5.10 Å². The summed E-state index contributed by atoms with van der Waals surface area (Å²) in [6.07, 6.45) is 4.94. The van der Waals surface area contributed by atoms with Crippen molar-refractivity contribution in [1.82, 2.24) is 14.7 Å². The number of para-hydroxylation sites is 1. The van der Waals surface area contributed by atoms with Crippen LogP contribution in [0.2, 0.25) is 0 Å². The molecule has 3 rings (SSSR count). The van der Waals surface area contributed by atoms with Gasteiger partial charge in [-0.05, 0) is 38.3 Å². The van der Waals surface area contributed by atoms with Crippen LogP contribution in [0.4, 0.5) is 0 Å². The topological polar surface area (TPSA) is 21.1 Å².